The standard InChI is InChI=1S/C27H31IN2O3/c1-4-20-12-17-24(25(18-20)32-3)26(30-27(31)28(2)29)22-13-15-23(16-14-22)33-19-21-10-8-6-5-7-9-11-21/h5-18,26H,4,19,29H2,1-3H3,(H,30,31). The molecule has 0 aromatic heterocycles. The third-order valence-corrected chi connectivity index (χ3v) is 7.09. The molecule has 174 valence electrons. The predicted octanol–water partition coefficient (Wildman–Crippen LogP) is 6.05. The quantitative estimate of drug-likeness (QED) is 0.129. The maximum atomic E-state index is 12.6. The molecule has 1 atom stereocenters. The van der Waals surface area contributed by atoms with Crippen LogP contribution in [-0.4, -0.2) is 22.6 Å². The van der Waals surface area contributed by atoms with Crippen LogP contribution in [0.25, 0.3) is 0 Å². The molecule has 3 rings (SSSR count). The molecule has 5 nitrogen and oxygen atoms in total. The Bertz CT molecular complexity index is 1070. The van der Waals surface area contributed by atoms with E-state index in [0.717, 1.165) is 34.6 Å². The number of amides is 1. The summed E-state index contributed by atoms with van der Waals surface area (Å²) >= 11 is -2.17. The van der Waals surface area contributed by atoms with Gasteiger partial charge in [-0.1, -0.05) is 18.2 Å². The van der Waals surface area contributed by atoms with Gasteiger partial charge >= 0.3 is 186 Å². The summed E-state index contributed by atoms with van der Waals surface area (Å²) in [7, 11) is 1.65. The number of hydrogen-bond donors (Lipinski definition) is 2. The number of allylic oxidation sites excluding steroid dienone is 6. The number of alkyl halides is 1. The van der Waals surface area contributed by atoms with Gasteiger partial charge in [0.2, 0.25) is 0 Å². The molecular weight excluding hydrogens is 527 g/mol. The van der Waals surface area contributed by atoms with Gasteiger partial charge in [-0.3, -0.25) is 0 Å². The summed E-state index contributed by atoms with van der Waals surface area (Å²) in [5.74, 6) is 1.51. The second-order valence-electron chi connectivity index (χ2n) is 7.53. The second-order valence-corrected chi connectivity index (χ2v) is 11.5. The Labute approximate surface area is 203 Å². The number of hydrogen-bond acceptors (Lipinski definition) is 4. The zero-order valence-corrected chi connectivity index (χ0v) is 21.4. The molecule has 0 bridgehead atoms. The second kappa shape index (κ2) is 12.4. The van der Waals surface area contributed by atoms with Crippen molar-refractivity contribution in [3.05, 3.63) is 107 Å². The van der Waals surface area contributed by atoms with Gasteiger partial charge in [-0.2, -0.15) is 0 Å². The van der Waals surface area contributed by atoms with Crippen LogP contribution in [0.5, 0.6) is 11.5 Å². The molecule has 0 radical (unpaired) electrons. The van der Waals surface area contributed by atoms with Crippen molar-refractivity contribution in [2.45, 2.75) is 19.4 Å². The van der Waals surface area contributed by atoms with Crippen LogP contribution in [0, 0.1) is 0 Å². The van der Waals surface area contributed by atoms with E-state index in [1.165, 1.54) is 5.56 Å². The first kappa shape index (κ1) is 24.8. The molecule has 0 fully saturated rings. The molecule has 2 aromatic carbocycles. The van der Waals surface area contributed by atoms with Crippen molar-refractivity contribution in [2.24, 2.45) is 3.95 Å². The summed E-state index contributed by atoms with van der Waals surface area (Å²) in [5, 5.41) is 3.13. The average molecular weight is 558 g/mol. The summed E-state index contributed by atoms with van der Waals surface area (Å²) in [5.41, 5.74) is 4.09. The molecule has 6 heteroatoms. The van der Waals surface area contributed by atoms with E-state index in [1.54, 1.807) is 7.11 Å². The molecular formula is C27H31IN2O3. The number of nitrogens with two attached hydrogens (primary N) is 1. The number of carbonyl (C=O) groups excluding carboxylic acids is 1. The van der Waals surface area contributed by atoms with Crippen molar-refractivity contribution in [1.29, 1.82) is 0 Å². The topological polar surface area (TPSA) is 73.6 Å². The van der Waals surface area contributed by atoms with Crippen molar-refractivity contribution in [3.63, 3.8) is 0 Å². The number of ether oxygens (including phenoxy) is 2. The molecule has 0 saturated carbocycles. The zero-order valence-electron chi connectivity index (χ0n) is 19.3. The Morgan fingerprint density at radius 3 is 2.48 bits per heavy atom. The summed E-state index contributed by atoms with van der Waals surface area (Å²) in [6, 6.07) is 13.6. The van der Waals surface area contributed by atoms with Crippen molar-refractivity contribution < 1.29 is 14.3 Å². The minimum absolute atomic E-state index is 0.0729. The number of nitrogens with one attached hydrogen (secondary N) is 1. The van der Waals surface area contributed by atoms with E-state index in [2.05, 4.69) is 18.3 Å². The van der Waals surface area contributed by atoms with Crippen molar-refractivity contribution >= 4 is 24.0 Å². The Balaban J connectivity index is 1.83. The summed E-state index contributed by atoms with van der Waals surface area (Å²) in [4.78, 5) is 14.4. The predicted molar refractivity (Wildman–Crippen MR) is 144 cm³/mol. The van der Waals surface area contributed by atoms with Gasteiger partial charge in [-0.15, -0.1) is 0 Å². The first-order chi connectivity index (χ1) is 16.0. The maximum absolute atomic E-state index is 12.6. The molecule has 1 unspecified atom stereocenters. The van der Waals surface area contributed by atoms with Crippen LogP contribution in [0.4, 0.5) is 4.79 Å². The molecule has 3 N–H and O–H groups in total. The van der Waals surface area contributed by atoms with Crippen molar-refractivity contribution in [1.82, 2.24) is 5.32 Å². The van der Waals surface area contributed by atoms with Gasteiger partial charge in [-0.25, -0.2) is 0 Å². The van der Waals surface area contributed by atoms with Gasteiger partial charge in [0.05, 0.1) is 0 Å². The Hall–Kier alpha value is -2.84. The van der Waals surface area contributed by atoms with Crippen LogP contribution in [0.3, 0.4) is 0 Å². The fraction of sp³-hybridized carbons (Fsp3) is 0.222. The Morgan fingerprint density at radius 1 is 1.06 bits per heavy atom. The van der Waals surface area contributed by atoms with E-state index in [0.29, 0.717) is 6.61 Å². The van der Waals surface area contributed by atoms with Gasteiger partial charge in [0.25, 0.3) is 0 Å². The third kappa shape index (κ3) is 7.07. The Kier molecular flexibility index (Phi) is 9.33. The number of methoxy groups -OCH3 is 1. The van der Waals surface area contributed by atoms with E-state index in [1.807, 2.05) is 83.9 Å². The van der Waals surface area contributed by atoms with Crippen LogP contribution in [0.15, 0.2) is 90.6 Å². The third-order valence-electron chi connectivity index (χ3n) is 5.23. The van der Waals surface area contributed by atoms with Gasteiger partial charge in [0, 0.05) is 0 Å². The van der Waals surface area contributed by atoms with E-state index >= 15 is 0 Å². The van der Waals surface area contributed by atoms with Gasteiger partial charge in [0.15, 0.2) is 0 Å². The van der Waals surface area contributed by atoms with Gasteiger partial charge < -0.3 is 0 Å². The van der Waals surface area contributed by atoms with Crippen molar-refractivity contribution in [2.75, 3.05) is 18.6 Å². The SMILES string of the molecule is CCc1ccc(C(NC(=O)I(C)N)c2ccc(OCC3=CC=CC=CC=C3)cc2)c(OC)c1. The monoisotopic (exact) mass is 558 g/mol. The zero-order chi connectivity index (χ0) is 23.6. The van der Waals surface area contributed by atoms with Crippen LogP contribution in [0.1, 0.15) is 29.7 Å². The van der Waals surface area contributed by atoms with Gasteiger partial charge in [-0.05, 0) is 0 Å². The average Bonchev–Trinajstić information content (AvgIpc) is 2.81. The van der Waals surface area contributed by atoms with Crippen LogP contribution < -0.4 is 18.7 Å². The fourth-order valence-corrected chi connectivity index (χ4v) is 4.18. The number of rotatable bonds is 9. The van der Waals surface area contributed by atoms with E-state index in [4.69, 9.17) is 13.4 Å². The molecule has 1 amide bonds. The molecule has 0 spiro atoms. The molecule has 0 aliphatic heterocycles. The number of carbonyl (C=O) groups is 1. The van der Waals surface area contributed by atoms with Gasteiger partial charge in [0.1, 0.15) is 0 Å². The number of aryl methyl sites for hydroxylation is 1. The van der Waals surface area contributed by atoms with Crippen LogP contribution in [0.2, 0.25) is 0 Å². The summed E-state index contributed by atoms with van der Waals surface area (Å²) in [6.07, 6.45) is 14.9. The molecule has 1 aliphatic carbocycles. The van der Waals surface area contributed by atoms with Crippen molar-refractivity contribution in [3.8, 4) is 11.5 Å². The van der Waals surface area contributed by atoms with E-state index in [-0.39, 0.29) is 9.96 Å². The number of benzene rings is 2. The first-order valence-electron chi connectivity index (χ1n) is 10.8. The Morgan fingerprint density at radius 2 is 1.79 bits per heavy atom. The minimum atomic E-state index is -2.17. The fourth-order valence-electron chi connectivity index (χ4n) is 3.38. The summed E-state index contributed by atoms with van der Waals surface area (Å²) < 4.78 is 17.6. The van der Waals surface area contributed by atoms with Crippen LogP contribution >= 0.6 is 20.1 Å². The molecule has 0 saturated heterocycles. The molecule has 2 aromatic rings. The summed E-state index contributed by atoms with van der Waals surface area (Å²) in [6.45, 7) is 2.57. The molecule has 0 heterocycles. The van der Waals surface area contributed by atoms with E-state index in [9.17, 15) is 4.79 Å². The first-order valence-corrected chi connectivity index (χ1v) is 15.2. The van der Waals surface area contributed by atoms with E-state index < -0.39 is 20.1 Å². The molecule has 1 aliphatic rings. The van der Waals surface area contributed by atoms with Crippen LogP contribution in [-0.2, 0) is 6.42 Å². The number of halogens is 1. The molecule has 33 heavy (non-hydrogen) atoms. The normalized spacial score (nSPS) is 14.1.